The van der Waals surface area contributed by atoms with E-state index >= 15 is 0 Å². The summed E-state index contributed by atoms with van der Waals surface area (Å²) < 4.78 is 2.24. The summed E-state index contributed by atoms with van der Waals surface area (Å²) in [6.45, 7) is 5.05. The molecule has 0 spiro atoms. The van der Waals surface area contributed by atoms with Crippen molar-refractivity contribution in [2.75, 3.05) is 0 Å². The Morgan fingerprint density at radius 3 is 2.67 bits per heavy atom. The molecule has 3 nitrogen and oxygen atoms in total. The minimum atomic E-state index is -0.644. The van der Waals surface area contributed by atoms with Gasteiger partial charge in [0.1, 0.15) is 5.82 Å². The van der Waals surface area contributed by atoms with E-state index < -0.39 is 5.60 Å². The number of benzene rings is 1. The second-order valence-electron chi connectivity index (χ2n) is 6.63. The van der Waals surface area contributed by atoms with E-state index in [1.165, 1.54) is 24.8 Å². The SMILES string of the molecule is CCn1c(CC(C)(O)C2CCCCC2)nc2ccccc21. The van der Waals surface area contributed by atoms with Crippen LogP contribution in [0.4, 0.5) is 0 Å². The van der Waals surface area contributed by atoms with E-state index in [0.29, 0.717) is 12.3 Å². The molecule has 1 unspecified atom stereocenters. The summed E-state index contributed by atoms with van der Waals surface area (Å²) in [5, 5.41) is 11.0. The maximum Gasteiger partial charge on any atom is 0.112 e. The van der Waals surface area contributed by atoms with Gasteiger partial charge in [-0.2, -0.15) is 0 Å². The Morgan fingerprint density at radius 1 is 1.24 bits per heavy atom. The Balaban J connectivity index is 1.89. The van der Waals surface area contributed by atoms with E-state index in [2.05, 4.69) is 29.7 Å². The van der Waals surface area contributed by atoms with Crippen LogP contribution in [0.1, 0.15) is 51.8 Å². The lowest BCUT2D eigenvalue weighted by Crippen LogP contribution is -2.39. The zero-order valence-corrected chi connectivity index (χ0v) is 13.2. The Hall–Kier alpha value is -1.35. The van der Waals surface area contributed by atoms with Gasteiger partial charge >= 0.3 is 0 Å². The minimum absolute atomic E-state index is 0.413. The van der Waals surface area contributed by atoms with E-state index in [-0.39, 0.29) is 0 Å². The zero-order chi connectivity index (χ0) is 14.9. The van der Waals surface area contributed by atoms with Crippen molar-refractivity contribution in [1.82, 2.24) is 9.55 Å². The Labute approximate surface area is 127 Å². The van der Waals surface area contributed by atoms with Crippen LogP contribution in [0.3, 0.4) is 0 Å². The molecule has 0 aliphatic heterocycles. The van der Waals surface area contributed by atoms with Gasteiger partial charge in [-0.05, 0) is 44.7 Å². The zero-order valence-electron chi connectivity index (χ0n) is 13.2. The van der Waals surface area contributed by atoms with Crippen molar-refractivity contribution < 1.29 is 5.11 Å². The summed E-state index contributed by atoms with van der Waals surface area (Å²) in [4.78, 5) is 4.77. The number of hydrogen-bond acceptors (Lipinski definition) is 2. The standard InChI is InChI=1S/C18H26N2O/c1-3-20-16-12-8-7-11-15(16)19-17(20)13-18(2,21)14-9-5-4-6-10-14/h7-8,11-12,14,21H,3-6,9-10,13H2,1-2H3. The maximum atomic E-state index is 11.0. The van der Waals surface area contributed by atoms with E-state index in [1.54, 1.807) is 0 Å². The molecule has 1 fully saturated rings. The molecule has 3 rings (SSSR count). The molecule has 0 radical (unpaired) electrons. The van der Waals surface area contributed by atoms with Crippen LogP contribution in [-0.4, -0.2) is 20.3 Å². The van der Waals surface area contributed by atoms with Gasteiger partial charge < -0.3 is 9.67 Å². The quantitative estimate of drug-likeness (QED) is 0.924. The second-order valence-corrected chi connectivity index (χ2v) is 6.63. The fourth-order valence-corrected chi connectivity index (χ4v) is 3.80. The molecule has 1 saturated carbocycles. The van der Waals surface area contributed by atoms with Crippen molar-refractivity contribution in [2.45, 2.75) is 64.5 Å². The van der Waals surface area contributed by atoms with E-state index in [0.717, 1.165) is 30.7 Å². The number of aliphatic hydroxyl groups is 1. The van der Waals surface area contributed by atoms with Crippen molar-refractivity contribution in [3.63, 3.8) is 0 Å². The van der Waals surface area contributed by atoms with Crippen molar-refractivity contribution in [3.05, 3.63) is 30.1 Å². The average Bonchev–Trinajstić information content (AvgIpc) is 2.84. The third kappa shape index (κ3) is 2.84. The third-order valence-electron chi connectivity index (χ3n) is 5.05. The number of aryl methyl sites for hydroxylation is 1. The van der Waals surface area contributed by atoms with Gasteiger partial charge in [-0.3, -0.25) is 0 Å². The average molecular weight is 286 g/mol. The lowest BCUT2D eigenvalue weighted by Gasteiger charge is -2.35. The summed E-state index contributed by atoms with van der Waals surface area (Å²) in [6, 6.07) is 8.25. The molecule has 21 heavy (non-hydrogen) atoms. The van der Waals surface area contributed by atoms with Gasteiger partial charge in [0.25, 0.3) is 0 Å². The topological polar surface area (TPSA) is 38.0 Å². The first kappa shape index (κ1) is 14.6. The monoisotopic (exact) mass is 286 g/mol. The minimum Gasteiger partial charge on any atom is -0.389 e. The van der Waals surface area contributed by atoms with Crippen molar-refractivity contribution in [2.24, 2.45) is 5.92 Å². The number of para-hydroxylation sites is 2. The van der Waals surface area contributed by atoms with Crippen LogP contribution in [0, 0.1) is 5.92 Å². The summed E-state index contributed by atoms with van der Waals surface area (Å²) in [5.74, 6) is 1.44. The highest BCUT2D eigenvalue weighted by molar-refractivity contribution is 5.75. The fraction of sp³-hybridized carbons (Fsp3) is 0.611. The Morgan fingerprint density at radius 2 is 1.95 bits per heavy atom. The first-order valence-corrected chi connectivity index (χ1v) is 8.28. The Bertz CT molecular complexity index is 609. The Kier molecular flexibility index (Phi) is 4.03. The number of nitrogens with zero attached hydrogens (tertiary/aromatic N) is 2. The molecule has 0 saturated heterocycles. The van der Waals surface area contributed by atoms with Crippen LogP contribution in [0.15, 0.2) is 24.3 Å². The number of fused-ring (bicyclic) bond motifs is 1. The lowest BCUT2D eigenvalue weighted by atomic mass is 9.76. The first-order chi connectivity index (χ1) is 10.1. The molecule has 2 aromatic rings. The lowest BCUT2D eigenvalue weighted by molar-refractivity contribution is -0.0179. The van der Waals surface area contributed by atoms with Gasteiger partial charge in [0.15, 0.2) is 0 Å². The molecule has 1 aromatic carbocycles. The fourth-order valence-electron chi connectivity index (χ4n) is 3.80. The van der Waals surface area contributed by atoms with Crippen LogP contribution in [0.5, 0.6) is 0 Å². The van der Waals surface area contributed by atoms with E-state index in [4.69, 9.17) is 4.98 Å². The highest BCUT2D eigenvalue weighted by Crippen LogP contribution is 2.35. The van der Waals surface area contributed by atoms with Crippen molar-refractivity contribution in [1.29, 1.82) is 0 Å². The number of hydrogen-bond donors (Lipinski definition) is 1. The predicted octanol–water partition coefficient (Wildman–Crippen LogP) is 3.93. The third-order valence-corrected chi connectivity index (χ3v) is 5.05. The molecule has 1 aliphatic carbocycles. The van der Waals surface area contributed by atoms with Gasteiger partial charge in [-0.25, -0.2) is 4.98 Å². The van der Waals surface area contributed by atoms with Gasteiger partial charge in [0, 0.05) is 13.0 Å². The molecule has 1 heterocycles. The molecule has 1 atom stereocenters. The highest BCUT2D eigenvalue weighted by Gasteiger charge is 2.34. The number of rotatable bonds is 4. The summed E-state index contributed by atoms with van der Waals surface area (Å²) in [6.07, 6.45) is 6.79. The molecule has 0 bridgehead atoms. The van der Waals surface area contributed by atoms with Crippen LogP contribution in [0.25, 0.3) is 11.0 Å². The number of imidazole rings is 1. The van der Waals surface area contributed by atoms with Crippen LogP contribution >= 0.6 is 0 Å². The molecule has 0 amide bonds. The van der Waals surface area contributed by atoms with Crippen molar-refractivity contribution in [3.8, 4) is 0 Å². The highest BCUT2D eigenvalue weighted by atomic mass is 16.3. The summed E-state index contributed by atoms with van der Waals surface area (Å²) in [5.41, 5.74) is 1.57. The summed E-state index contributed by atoms with van der Waals surface area (Å²) >= 11 is 0. The number of aromatic nitrogens is 2. The van der Waals surface area contributed by atoms with Gasteiger partial charge in [-0.15, -0.1) is 0 Å². The molecule has 1 aliphatic rings. The van der Waals surface area contributed by atoms with Crippen LogP contribution in [0.2, 0.25) is 0 Å². The predicted molar refractivity (Wildman–Crippen MR) is 86.3 cm³/mol. The summed E-state index contributed by atoms with van der Waals surface area (Å²) in [7, 11) is 0. The second kappa shape index (κ2) is 5.80. The largest absolute Gasteiger partial charge is 0.389 e. The smallest absolute Gasteiger partial charge is 0.112 e. The molecular weight excluding hydrogens is 260 g/mol. The first-order valence-electron chi connectivity index (χ1n) is 8.28. The molecule has 3 heteroatoms. The molecule has 1 aromatic heterocycles. The van der Waals surface area contributed by atoms with Crippen LogP contribution < -0.4 is 0 Å². The maximum absolute atomic E-state index is 11.0. The van der Waals surface area contributed by atoms with Crippen molar-refractivity contribution >= 4 is 11.0 Å². The van der Waals surface area contributed by atoms with E-state index in [1.807, 2.05) is 13.0 Å². The van der Waals surface area contributed by atoms with Gasteiger partial charge in [-0.1, -0.05) is 31.4 Å². The van der Waals surface area contributed by atoms with Gasteiger partial charge in [0.2, 0.25) is 0 Å². The molecule has 1 N–H and O–H groups in total. The molecule has 114 valence electrons. The normalized spacial score (nSPS) is 19.8. The molecular formula is C18H26N2O. The van der Waals surface area contributed by atoms with Crippen LogP contribution in [-0.2, 0) is 13.0 Å². The van der Waals surface area contributed by atoms with Gasteiger partial charge in [0.05, 0.1) is 16.6 Å². The van der Waals surface area contributed by atoms with E-state index in [9.17, 15) is 5.11 Å².